The summed E-state index contributed by atoms with van der Waals surface area (Å²) in [6.45, 7) is 3.74. The Hall–Kier alpha value is -2.42. The maximum absolute atomic E-state index is 13.1. The van der Waals surface area contributed by atoms with E-state index in [0.29, 0.717) is 10.9 Å². The van der Waals surface area contributed by atoms with Crippen LogP contribution in [0.2, 0.25) is 0 Å². The Morgan fingerprint density at radius 1 is 1.14 bits per heavy atom. The molecule has 1 N–H and O–H groups in total. The molecule has 0 fully saturated rings. The first-order valence-corrected chi connectivity index (χ1v) is 11.0. The highest BCUT2D eigenvalue weighted by Crippen LogP contribution is 2.26. The summed E-state index contributed by atoms with van der Waals surface area (Å²) in [4.78, 5) is 4.26. The number of thiazole rings is 1. The molecule has 6 nitrogen and oxygen atoms in total. The Bertz CT molecular complexity index is 986. The summed E-state index contributed by atoms with van der Waals surface area (Å²) in [7, 11) is -3.85. The van der Waals surface area contributed by atoms with Crippen LogP contribution in [0.1, 0.15) is 11.1 Å². The molecule has 0 bridgehead atoms. The van der Waals surface area contributed by atoms with E-state index in [1.54, 1.807) is 23.6 Å². The molecule has 1 unspecified atom stereocenters. The third kappa shape index (κ3) is 4.89. The van der Waals surface area contributed by atoms with Crippen molar-refractivity contribution in [3.05, 3.63) is 71.2 Å². The van der Waals surface area contributed by atoms with Gasteiger partial charge in [-0.15, -0.1) is 11.3 Å². The fraction of sp³-hybridized carbons (Fsp3) is 0.250. The average molecular weight is 419 g/mol. The van der Waals surface area contributed by atoms with Crippen LogP contribution in [-0.4, -0.2) is 37.8 Å². The molecular weight excluding hydrogens is 396 g/mol. The van der Waals surface area contributed by atoms with Crippen molar-refractivity contribution in [2.45, 2.75) is 24.8 Å². The van der Waals surface area contributed by atoms with Gasteiger partial charge in [-0.3, -0.25) is 0 Å². The summed E-state index contributed by atoms with van der Waals surface area (Å²) in [5, 5.41) is 12.5. The maximum atomic E-state index is 13.1. The van der Waals surface area contributed by atoms with E-state index in [0.717, 1.165) is 15.4 Å². The van der Waals surface area contributed by atoms with E-state index >= 15 is 0 Å². The molecule has 8 heteroatoms. The number of hydrogen-bond donors (Lipinski definition) is 1. The van der Waals surface area contributed by atoms with Gasteiger partial charge in [-0.25, -0.2) is 17.7 Å². The van der Waals surface area contributed by atoms with E-state index in [9.17, 15) is 13.5 Å². The van der Waals surface area contributed by atoms with Crippen LogP contribution in [0.5, 0.6) is 5.75 Å². The van der Waals surface area contributed by atoms with Crippen LogP contribution in [-0.2, 0) is 10.0 Å². The van der Waals surface area contributed by atoms with Crippen LogP contribution < -0.4 is 9.04 Å². The van der Waals surface area contributed by atoms with Gasteiger partial charge in [0.25, 0.3) is 10.0 Å². The number of anilines is 1. The highest BCUT2D eigenvalue weighted by Gasteiger charge is 2.29. The van der Waals surface area contributed by atoms with E-state index in [4.69, 9.17) is 4.74 Å². The van der Waals surface area contributed by atoms with E-state index in [-0.39, 0.29) is 18.0 Å². The van der Waals surface area contributed by atoms with Gasteiger partial charge in [0.1, 0.15) is 18.5 Å². The second kappa shape index (κ2) is 8.72. The molecule has 3 rings (SSSR count). The zero-order chi connectivity index (χ0) is 20.1. The molecule has 0 saturated heterocycles. The van der Waals surface area contributed by atoms with E-state index < -0.39 is 16.1 Å². The SMILES string of the molecule is Cc1cc(C)cc(OCC(O)CN(c2nccs2)S(=O)(=O)c2ccccc2)c1. The molecule has 0 radical (unpaired) electrons. The van der Waals surface area contributed by atoms with Gasteiger partial charge in [-0.1, -0.05) is 24.3 Å². The molecule has 1 heterocycles. The topological polar surface area (TPSA) is 79.7 Å². The number of nitrogens with zero attached hydrogens (tertiary/aromatic N) is 2. The van der Waals surface area contributed by atoms with Gasteiger partial charge in [0.2, 0.25) is 0 Å². The Labute approximate surface area is 169 Å². The van der Waals surface area contributed by atoms with Crippen LogP contribution >= 0.6 is 11.3 Å². The summed E-state index contributed by atoms with van der Waals surface area (Å²) >= 11 is 1.20. The summed E-state index contributed by atoms with van der Waals surface area (Å²) in [5.41, 5.74) is 2.11. The Morgan fingerprint density at radius 3 is 2.43 bits per heavy atom. The van der Waals surface area contributed by atoms with Gasteiger partial charge >= 0.3 is 0 Å². The van der Waals surface area contributed by atoms with E-state index in [1.165, 1.54) is 29.7 Å². The summed E-state index contributed by atoms with van der Waals surface area (Å²) in [6.07, 6.45) is 0.509. The minimum atomic E-state index is -3.85. The van der Waals surface area contributed by atoms with Crippen molar-refractivity contribution in [3.63, 3.8) is 0 Å². The van der Waals surface area contributed by atoms with Gasteiger partial charge in [-0.05, 0) is 49.2 Å². The van der Waals surface area contributed by atoms with Crippen molar-refractivity contribution in [2.24, 2.45) is 0 Å². The number of hydrogen-bond acceptors (Lipinski definition) is 6. The predicted octanol–water partition coefficient (Wildman–Crippen LogP) is 3.40. The van der Waals surface area contributed by atoms with Crippen molar-refractivity contribution < 1.29 is 18.3 Å². The summed E-state index contributed by atoms with van der Waals surface area (Å²) < 4.78 is 32.9. The lowest BCUT2D eigenvalue weighted by Crippen LogP contribution is -2.39. The van der Waals surface area contributed by atoms with Crippen molar-refractivity contribution >= 4 is 26.5 Å². The zero-order valence-corrected chi connectivity index (χ0v) is 17.3. The molecule has 0 aliphatic rings. The summed E-state index contributed by atoms with van der Waals surface area (Å²) in [5.74, 6) is 0.642. The molecule has 2 aromatic carbocycles. The lowest BCUT2D eigenvalue weighted by atomic mass is 10.1. The number of rotatable bonds is 8. The zero-order valence-electron chi connectivity index (χ0n) is 15.6. The van der Waals surface area contributed by atoms with Crippen molar-refractivity contribution in [2.75, 3.05) is 17.5 Å². The minimum absolute atomic E-state index is 0.0327. The molecule has 28 heavy (non-hydrogen) atoms. The number of aliphatic hydroxyl groups excluding tert-OH is 1. The Balaban J connectivity index is 1.77. The van der Waals surface area contributed by atoms with Gasteiger partial charge < -0.3 is 9.84 Å². The first-order chi connectivity index (χ1) is 13.4. The third-order valence-electron chi connectivity index (χ3n) is 3.98. The fourth-order valence-electron chi connectivity index (χ4n) is 2.79. The highest BCUT2D eigenvalue weighted by molar-refractivity contribution is 7.93. The van der Waals surface area contributed by atoms with Crippen molar-refractivity contribution in [1.29, 1.82) is 0 Å². The first-order valence-electron chi connectivity index (χ1n) is 8.73. The highest BCUT2D eigenvalue weighted by atomic mass is 32.2. The average Bonchev–Trinajstić information content (AvgIpc) is 3.18. The molecule has 0 amide bonds. The number of aromatic nitrogens is 1. The maximum Gasteiger partial charge on any atom is 0.266 e. The number of ether oxygens (including phenoxy) is 1. The normalized spacial score (nSPS) is 12.5. The number of benzene rings is 2. The predicted molar refractivity (Wildman–Crippen MR) is 111 cm³/mol. The van der Waals surface area contributed by atoms with Gasteiger partial charge in [-0.2, -0.15) is 0 Å². The third-order valence-corrected chi connectivity index (χ3v) is 6.66. The number of sulfonamides is 1. The van der Waals surface area contributed by atoms with Crippen molar-refractivity contribution in [3.8, 4) is 5.75 Å². The minimum Gasteiger partial charge on any atom is -0.491 e. The van der Waals surface area contributed by atoms with Crippen LogP contribution in [0, 0.1) is 13.8 Å². The summed E-state index contributed by atoms with van der Waals surface area (Å²) in [6, 6.07) is 13.9. The smallest absolute Gasteiger partial charge is 0.266 e. The molecule has 148 valence electrons. The standard InChI is InChI=1S/C20H22N2O4S2/c1-15-10-16(2)12-18(11-15)26-14-17(23)13-22(20-21-8-9-27-20)28(24,25)19-6-4-3-5-7-19/h3-12,17,23H,13-14H2,1-2H3. The van der Waals surface area contributed by atoms with Crippen molar-refractivity contribution in [1.82, 2.24) is 4.98 Å². The van der Waals surface area contributed by atoms with Gasteiger partial charge in [0.15, 0.2) is 5.13 Å². The van der Waals surface area contributed by atoms with E-state index in [2.05, 4.69) is 4.98 Å². The lowest BCUT2D eigenvalue weighted by molar-refractivity contribution is 0.115. The second-order valence-corrected chi connectivity index (χ2v) is 9.19. The molecule has 0 spiro atoms. The first kappa shape index (κ1) is 20.3. The number of aryl methyl sites for hydroxylation is 2. The van der Waals surface area contributed by atoms with Crippen LogP contribution in [0.3, 0.4) is 0 Å². The van der Waals surface area contributed by atoms with Crippen LogP contribution in [0.25, 0.3) is 0 Å². The Morgan fingerprint density at radius 2 is 1.82 bits per heavy atom. The molecule has 1 atom stereocenters. The molecule has 0 aliphatic carbocycles. The Kier molecular flexibility index (Phi) is 6.33. The van der Waals surface area contributed by atoms with Crippen LogP contribution in [0.15, 0.2) is 65.0 Å². The molecular formula is C20H22N2O4S2. The quantitative estimate of drug-likeness (QED) is 0.607. The molecule has 0 saturated carbocycles. The van der Waals surface area contributed by atoms with Crippen LogP contribution in [0.4, 0.5) is 5.13 Å². The van der Waals surface area contributed by atoms with Gasteiger partial charge in [0, 0.05) is 11.6 Å². The monoisotopic (exact) mass is 418 g/mol. The van der Waals surface area contributed by atoms with Gasteiger partial charge in [0.05, 0.1) is 11.4 Å². The molecule has 1 aromatic heterocycles. The van der Waals surface area contributed by atoms with E-state index in [1.807, 2.05) is 32.0 Å². The fourth-order valence-corrected chi connectivity index (χ4v) is 5.15. The molecule has 3 aromatic rings. The molecule has 0 aliphatic heterocycles. The number of aliphatic hydroxyl groups is 1. The lowest BCUT2D eigenvalue weighted by Gasteiger charge is -2.24. The second-order valence-electron chi connectivity index (χ2n) is 6.45. The largest absolute Gasteiger partial charge is 0.491 e.